The van der Waals surface area contributed by atoms with E-state index in [0.717, 1.165) is 32.1 Å². The Bertz CT molecular complexity index is 684. The Morgan fingerprint density at radius 1 is 1.18 bits per heavy atom. The third kappa shape index (κ3) is 6.02. The second kappa shape index (κ2) is 10.2. The van der Waals surface area contributed by atoms with E-state index in [1.807, 2.05) is 13.8 Å². The fourth-order valence-corrected chi connectivity index (χ4v) is 3.41. The quantitative estimate of drug-likeness (QED) is 0.464. The van der Waals surface area contributed by atoms with Crippen molar-refractivity contribution >= 4 is 17.5 Å². The standard InChI is InChI=1S/C20H29N3O5/c1-13(2)18(22-19(25)15-6-4-3-5-7-15)20(26)21-12-17(24)14-8-10-16(11-9-14)23(27)28/h8-11,13,15,17-18,24H,3-7,12H2,1-2H3,(H,21,26)(H,22,25). The fraction of sp³-hybridized carbons (Fsp3) is 0.600. The molecular formula is C20H29N3O5. The summed E-state index contributed by atoms with van der Waals surface area (Å²) in [6.07, 6.45) is 3.95. The lowest BCUT2D eigenvalue weighted by Crippen LogP contribution is -2.51. The molecule has 8 nitrogen and oxygen atoms in total. The molecule has 1 aromatic rings. The third-order valence-electron chi connectivity index (χ3n) is 5.18. The molecule has 1 aromatic carbocycles. The van der Waals surface area contributed by atoms with Crippen LogP contribution < -0.4 is 10.6 Å². The highest BCUT2D eigenvalue weighted by Crippen LogP contribution is 2.24. The number of aliphatic hydroxyl groups is 1. The fourth-order valence-electron chi connectivity index (χ4n) is 3.41. The molecule has 0 aliphatic heterocycles. The van der Waals surface area contributed by atoms with E-state index in [2.05, 4.69) is 10.6 Å². The molecule has 0 saturated heterocycles. The Balaban J connectivity index is 1.90. The molecule has 0 aromatic heterocycles. The van der Waals surface area contributed by atoms with E-state index in [1.54, 1.807) is 0 Å². The molecule has 2 rings (SSSR count). The molecule has 2 unspecified atom stereocenters. The van der Waals surface area contributed by atoms with Crippen LogP contribution in [0.1, 0.15) is 57.6 Å². The second-order valence-electron chi connectivity index (χ2n) is 7.67. The van der Waals surface area contributed by atoms with Crippen LogP contribution >= 0.6 is 0 Å². The van der Waals surface area contributed by atoms with Crippen LogP contribution in [0, 0.1) is 22.0 Å². The zero-order valence-electron chi connectivity index (χ0n) is 16.4. The van der Waals surface area contributed by atoms with Crippen molar-refractivity contribution < 1.29 is 19.6 Å². The van der Waals surface area contributed by atoms with Gasteiger partial charge in [-0.1, -0.05) is 33.1 Å². The van der Waals surface area contributed by atoms with Gasteiger partial charge in [-0.3, -0.25) is 19.7 Å². The molecule has 0 spiro atoms. The summed E-state index contributed by atoms with van der Waals surface area (Å²) in [5, 5.41) is 26.5. The van der Waals surface area contributed by atoms with E-state index < -0.39 is 17.1 Å². The predicted molar refractivity (Wildman–Crippen MR) is 104 cm³/mol. The highest BCUT2D eigenvalue weighted by Gasteiger charge is 2.28. The Morgan fingerprint density at radius 3 is 2.32 bits per heavy atom. The number of amides is 2. The highest BCUT2D eigenvalue weighted by molar-refractivity contribution is 5.88. The summed E-state index contributed by atoms with van der Waals surface area (Å²) < 4.78 is 0. The molecule has 1 aliphatic carbocycles. The van der Waals surface area contributed by atoms with Crippen molar-refractivity contribution in [2.24, 2.45) is 11.8 Å². The molecule has 2 atom stereocenters. The maximum absolute atomic E-state index is 12.6. The first-order chi connectivity index (χ1) is 13.3. The summed E-state index contributed by atoms with van der Waals surface area (Å²) in [5.74, 6) is -0.554. The number of hydrogen-bond donors (Lipinski definition) is 3. The minimum Gasteiger partial charge on any atom is -0.387 e. The van der Waals surface area contributed by atoms with Gasteiger partial charge in [0, 0.05) is 24.6 Å². The van der Waals surface area contributed by atoms with Crippen LogP contribution in [-0.2, 0) is 9.59 Å². The van der Waals surface area contributed by atoms with Gasteiger partial charge in [-0.2, -0.15) is 0 Å². The van der Waals surface area contributed by atoms with Gasteiger partial charge < -0.3 is 15.7 Å². The van der Waals surface area contributed by atoms with Crippen molar-refractivity contribution in [3.8, 4) is 0 Å². The average Bonchev–Trinajstić information content (AvgIpc) is 2.70. The van der Waals surface area contributed by atoms with Crippen LogP contribution in [0.2, 0.25) is 0 Å². The zero-order valence-corrected chi connectivity index (χ0v) is 16.4. The van der Waals surface area contributed by atoms with E-state index in [0.29, 0.717) is 5.56 Å². The van der Waals surface area contributed by atoms with Gasteiger partial charge >= 0.3 is 0 Å². The maximum atomic E-state index is 12.6. The highest BCUT2D eigenvalue weighted by atomic mass is 16.6. The van der Waals surface area contributed by atoms with Gasteiger partial charge in [0.15, 0.2) is 0 Å². The lowest BCUT2D eigenvalue weighted by Gasteiger charge is -2.26. The van der Waals surface area contributed by atoms with Crippen molar-refractivity contribution in [2.45, 2.75) is 58.1 Å². The molecule has 28 heavy (non-hydrogen) atoms. The molecule has 3 N–H and O–H groups in total. The zero-order chi connectivity index (χ0) is 20.7. The van der Waals surface area contributed by atoms with Crippen molar-refractivity contribution in [1.29, 1.82) is 0 Å². The SMILES string of the molecule is CC(C)C(NC(=O)C1CCCCC1)C(=O)NCC(O)c1ccc([N+](=O)[O-])cc1. The average molecular weight is 391 g/mol. The van der Waals surface area contributed by atoms with E-state index in [1.165, 1.54) is 24.3 Å². The Labute approximate surface area is 164 Å². The third-order valence-corrected chi connectivity index (χ3v) is 5.18. The molecule has 1 saturated carbocycles. The number of nitrogens with zero attached hydrogens (tertiary/aromatic N) is 1. The van der Waals surface area contributed by atoms with Crippen LogP contribution in [0.3, 0.4) is 0 Å². The van der Waals surface area contributed by atoms with Crippen LogP contribution in [-0.4, -0.2) is 34.4 Å². The van der Waals surface area contributed by atoms with E-state index in [-0.39, 0.29) is 35.9 Å². The Hall–Kier alpha value is -2.48. The van der Waals surface area contributed by atoms with Crippen molar-refractivity contribution in [3.05, 3.63) is 39.9 Å². The number of nitro groups is 1. The van der Waals surface area contributed by atoms with Crippen LogP contribution in [0.4, 0.5) is 5.69 Å². The molecular weight excluding hydrogens is 362 g/mol. The minimum atomic E-state index is -0.994. The van der Waals surface area contributed by atoms with Crippen LogP contribution in [0.5, 0.6) is 0 Å². The van der Waals surface area contributed by atoms with Gasteiger partial charge in [-0.15, -0.1) is 0 Å². The van der Waals surface area contributed by atoms with Crippen LogP contribution in [0.15, 0.2) is 24.3 Å². The van der Waals surface area contributed by atoms with Crippen molar-refractivity contribution in [1.82, 2.24) is 10.6 Å². The van der Waals surface area contributed by atoms with Crippen molar-refractivity contribution in [2.75, 3.05) is 6.54 Å². The summed E-state index contributed by atoms with van der Waals surface area (Å²) >= 11 is 0. The largest absolute Gasteiger partial charge is 0.387 e. The first kappa shape index (κ1) is 21.8. The monoisotopic (exact) mass is 391 g/mol. The molecule has 0 radical (unpaired) electrons. The smallest absolute Gasteiger partial charge is 0.269 e. The topological polar surface area (TPSA) is 122 Å². The molecule has 0 heterocycles. The molecule has 2 amide bonds. The summed E-state index contributed by atoms with van der Waals surface area (Å²) in [4.78, 5) is 35.2. The first-order valence-corrected chi connectivity index (χ1v) is 9.80. The molecule has 1 fully saturated rings. The number of hydrogen-bond acceptors (Lipinski definition) is 5. The lowest BCUT2D eigenvalue weighted by atomic mass is 9.88. The van der Waals surface area contributed by atoms with Gasteiger partial charge in [0.25, 0.3) is 5.69 Å². The van der Waals surface area contributed by atoms with E-state index in [9.17, 15) is 24.8 Å². The molecule has 154 valence electrons. The lowest BCUT2D eigenvalue weighted by molar-refractivity contribution is -0.384. The first-order valence-electron chi connectivity index (χ1n) is 9.80. The summed E-state index contributed by atoms with van der Waals surface area (Å²) in [6.45, 7) is 3.68. The number of carbonyl (C=O) groups excluding carboxylic acids is 2. The van der Waals surface area contributed by atoms with Crippen LogP contribution in [0.25, 0.3) is 0 Å². The predicted octanol–water partition coefficient (Wildman–Crippen LogP) is 2.47. The Morgan fingerprint density at radius 2 is 1.79 bits per heavy atom. The van der Waals surface area contributed by atoms with E-state index in [4.69, 9.17) is 0 Å². The van der Waals surface area contributed by atoms with Gasteiger partial charge in [0.1, 0.15) is 6.04 Å². The Kier molecular flexibility index (Phi) is 7.92. The second-order valence-corrected chi connectivity index (χ2v) is 7.67. The number of nitro benzene ring substituents is 1. The van der Waals surface area contributed by atoms with Crippen molar-refractivity contribution in [3.63, 3.8) is 0 Å². The van der Waals surface area contributed by atoms with Gasteiger partial charge in [-0.25, -0.2) is 0 Å². The number of carbonyl (C=O) groups is 2. The number of aliphatic hydroxyl groups excluding tert-OH is 1. The summed E-state index contributed by atoms with van der Waals surface area (Å²) in [7, 11) is 0. The van der Waals surface area contributed by atoms with Gasteiger partial charge in [0.2, 0.25) is 11.8 Å². The summed E-state index contributed by atoms with van der Waals surface area (Å²) in [6, 6.07) is 4.86. The normalized spacial score (nSPS) is 17.0. The number of benzene rings is 1. The number of rotatable bonds is 8. The summed E-state index contributed by atoms with van der Waals surface area (Å²) in [5.41, 5.74) is 0.406. The molecule has 1 aliphatic rings. The maximum Gasteiger partial charge on any atom is 0.269 e. The van der Waals surface area contributed by atoms with E-state index >= 15 is 0 Å². The van der Waals surface area contributed by atoms with Gasteiger partial charge in [0.05, 0.1) is 11.0 Å². The van der Waals surface area contributed by atoms with Gasteiger partial charge in [-0.05, 0) is 36.5 Å². The molecule has 8 heteroatoms. The minimum absolute atomic E-state index is 0.0338. The number of non-ortho nitro benzene ring substituents is 1. The number of nitrogens with one attached hydrogen (secondary N) is 2. The molecule has 0 bridgehead atoms.